The number of aryl methyl sites for hydroxylation is 1. The van der Waals surface area contributed by atoms with Crippen molar-refractivity contribution in [2.75, 3.05) is 13.2 Å². The molecule has 3 heterocycles. The Morgan fingerprint density at radius 2 is 2.13 bits per heavy atom. The van der Waals surface area contributed by atoms with Gasteiger partial charge in [0.05, 0.1) is 18.2 Å². The third kappa shape index (κ3) is 4.55. The zero-order valence-electron chi connectivity index (χ0n) is 17.1. The van der Waals surface area contributed by atoms with Crippen molar-refractivity contribution in [2.24, 2.45) is 0 Å². The molecule has 2 aromatic rings. The number of amides is 2. The number of nitrogens with zero attached hydrogens (tertiary/aromatic N) is 3. The van der Waals surface area contributed by atoms with Crippen molar-refractivity contribution >= 4 is 11.8 Å². The molecule has 1 aliphatic rings. The van der Waals surface area contributed by atoms with Crippen LogP contribution in [0.15, 0.2) is 24.5 Å². The van der Waals surface area contributed by atoms with Gasteiger partial charge in [-0.15, -0.1) is 0 Å². The third-order valence-corrected chi connectivity index (χ3v) is 5.01. The minimum absolute atomic E-state index is 0.114. The van der Waals surface area contributed by atoms with Crippen molar-refractivity contribution in [3.05, 3.63) is 52.5 Å². The lowest BCUT2D eigenvalue weighted by molar-refractivity contribution is -0.120. The molecule has 0 aliphatic carbocycles. The molecule has 0 saturated carbocycles. The van der Waals surface area contributed by atoms with E-state index in [9.17, 15) is 18.4 Å². The van der Waals surface area contributed by atoms with E-state index < -0.39 is 13.0 Å². The minimum Gasteiger partial charge on any atom is -0.471 e. The lowest BCUT2D eigenvalue weighted by Gasteiger charge is -2.25. The number of likely N-dealkylation sites (N-methyl/N-ethyl adjacent to an activating group) is 1. The molecule has 0 saturated heterocycles. The fourth-order valence-corrected chi connectivity index (χ4v) is 3.47. The summed E-state index contributed by atoms with van der Waals surface area (Å²) in [5.74, 6) is -0.139. The van der Waals surface area contributed by atoms with Crippen molar-refractivity contribution in [3.8, 4) is 5.88 Å². The number of ether oxygens (including phenoxy) is 1. The number of carbonyl (C=O) groups excluding carboxylic acids is 2. The second kappa shape index (κ2) is 9.15. The van der Waals surface area contributed by atoms with Crippen LogP contribution in [-0.4, -0.2) is 46.3 Å². The van der Waals surface area contributed by atoms with E-state index in [1.165, 1.54) is 6.20 Å². The topological polar surface area (TPSA) is 84.4 Å². The largest absolute Gasteiger partial charge is 0.471 e. The molecule has 2 aromatic heterocycles. The summed E-state index contributed by atoms with van der Waals surface area (Å²) >= 11 is 0. The molecule has 7 nitrogen and oxygen atoms in total. The Labute approximate surface area is 173 Å². The quantitative estimate of drug-likeness (QED) is 0.713. The van der Waals surface area contributed by atoms with Crippen LogP contribution in [0.2, 0.25) is 0 Å². The third-order valence-electron chi connectivity index (χ3n) is 5.01. The van der Waals surface area contributed by atoms with Gasteiger partial charge in [-0.25, -0.2) is 13.8 Å². The number of hydrogen-bond acceptors (Lipinski definition) is 5. The molecule has 0 fully saturated rings. The summed E-state index contributed by atoms with van der Waals surface area (Å²) in [4.78, 5) is 35.1. The van der Waals surface area contributed by atoms with Gasteiger partial charge >= 0.3 is 0 Å². The molecule has 1 aliphatic heterocycles. The summed E-state index contributed by atoms with van der Waals surface area (Å²) < 4.78 is 29.7. The van der Waals surface area contributed by atoms with Gasteiger partial charge < -0.3 is 15.0 Å². The van der Waals surface area contributed by atoms with Crippen molar-refractivity contribution in [3.63, 3.8) is 0 Å². The second-order valence-electron chi connectivity index (χ2n) is 7.12. The molecule has 1 atom stereocenters. The SMILES string of the molecule is CCNC(=O)Cc1nccc2c1CN(C(C)c1cnc(OCC(F)F)c(C)c1)C2=O. The Balaban J connectivity index is 1.79. The lowest BCUT2D eigenvalue weighted by atomic mass is 10.1. The first-order valence-corrected chi connectivity index (χ1v) is 9.73. The number of pyridine rings is 2. The van der Waals surface area contributed by atoms with Crippen LogP contribution in [0.3, 0.4) is 0 Å². The van der Waals surface area contributed by atoms with Gasteiger partial charge in [0.2, 0.25) is 11.8 Å². The summed E-state index contributed by atoms with van der Waals surface area (Å²) in [6.07, 6.45) is 0.611. The number of alkyl halides is 2. The van der Waals surface area contributed by atoms with Gasteiger partial charge in [0.15, 0.2) is 6.61 Å². The van der Waals surface area contributed by atoms with Gasteiger partial charge in [0, 0.05) is 42.2 Å². The predicted octanol–water partition coefficient (Wildman–Crippen LogP) is 2.82. The Kier molecular flexibility index (Phi) is 6.59. The van der Waals surface area contributed by atoms with Gasteiger partial charge in [0.1, 0.15) is 0 Å². The maximum Gasteiger partial charge on any atom is 0.272 e. The lowest BCUT2D eigenvalue weighted by Crippen LogP contribution is -2.27. The highest BCUT2D eigenvalue weighted by Crippen LogP contribution is 2.33. The monoisotopic (exact) mass is 418 g/mol. The normalized spacial score (nSPS) is 14.1. The average molecular weight is 418 g/mol. The van der Waals surface area contributed by atoms with Crippen LogP contribution in [0.1, 0.15) is 52.6 Å². The summed E-state index contributed by atoms with van der Waals surface area (Å²) in [6.45, 7) is 5.58. The molecule has 2 amide bonds. The van der Waals surface area contributed by atoms with Gasteiger partial charge in [-0.05, 0) is 38.5 Å². The first-order chi connectivity index (χ1) is 14.3. The molecule has 1 N–H and O–H groups in total. The molecule has 0 radical (unpaired) electrons. The van der Waals surface area contributed by atoms with Crippen LogP contribution in [0.5, 0.6) is 5.88 Å². The van der Waals surface area contributed by atoms with E-state index in [2.05, 4.69) is 15.3 Å². The fraction of sp³-hybridized carbons (Fsp3) is 0.429. The fourth-order valence-electron chi connectivity index (χ4n) is 3.47. The van der Waals surface area contributed by atoms with Crippen LogP contribution >= 0.6 is 0 Å². The van der Waals surface area contributed by atoms with E-state index in [4.69, 9.17) is 4.74 Å². The van der Waals surface area contributed by atoms with Crippen LogP contribution in [0.4, 0.5) is 8.78 Å². The van der Waals surface area contributed by atoms with Gasteiger partial charge in [-0.2, -0.15) is 0 Å². The zero-order valence-corrected chi connectivity index (χ0v) is 17.1. The Hall–Kier alpha value is -3.10. The van der Waals surface area contributed by atoms with Crippen molar-refractivity contribution in [2.45, 2.75) is 46.2 Å². The minimum atomic E-state index is -2.58. The molecular formula is C21H24F2N4O3. The first-order valence-electron chi connectivity index (χ1n) is 9.73. The number of aromatic nitrogens is 2. The second-order valence-corrected chi connectivity index (χ2v) is 7.12. The molecular weight excluding hydrogens is 394 g/mol. The number of rotatable bonds is 8. The number of halogens is 2. The van der Waals surface area contributed by atoms with Crippen LogP contribution in [-0.2, 0) is 17.8 Å². The highest BCUT2D eigenvalue weighted by molar-refractivity contribution is 5.99. The van der Waals surface area contributed by atoms with Crippen LogP contribution in [0.25, 0.3) is 0 Å². The molecule has 0 spiro atoms. The van der Waals surface area contributed by atoms with Crippen molar-refractivity contribution in [1.29, 1.82) is 0 Å². The highest BCUT2D eigenvalue weighted by atomic mass is 19.3. The standard InChI is InChI=1S/C21H24F2N4O3/c1-4-24-19(28)8-17-16-10-27(21(29)15(16)5-6-25-17)13(3)14-7-12(2)20(26-9-14)30-11-18(22)23/h5-7,9,13,18H,4,8,10-11H2,1-3H3,(H,24,28). The predicted molar refractivity (Wildman–Crippen MR) is 105 cm³/mol. The van der Waals surface area contributed by atoms with Crippen molar-refractivity contribution in [1.82, 2.24) is 20.2 Å². The van der Waals surface area contributed by atoms with Crippen LogP contribution in [0, 0.1) is 6.92 Å². The maximum atomic E-state index is 13.0. The Morgan fingerprint density at radius 3 is 2.80 bits per heavy atom. The molecule has 0 bridgehead atoms. The number of fused-ring (bicyclic) bond motifs is 1. The number of hydrogen-bond donors (Lipinski definition) is 1. The van der Waals surface area contributed by atoms with Gasteiger partial charge in [-0.3, -0.25) is 14.6 Å². The Bertz CT molecular complexity index is 952. The maximum absolute atomic E-state index is 13.0. The molecule has 30 heavy (non-hydrogen) atoms. The van der Waals surface area contributed by atoms with E-state index in [1.54, 1.807) is 30.2 Å². The van der Waals surface area contributed by atoms with Crippen LogP contribution < -0.4 is 10.1 Å². The van der Waals surface area contributed by atoms with E-state index in [0.29, 0.717) is 29.9 Å². The molecule has 0 aromatic carbocycles. The number of carbonyl (C=O) groups is 2. The number of nitrogens with one attached hydrogen (secondary N) is 1. The highest BCUT2D eigenvalue weighted by Gasteiger charge is 2.34. The summed E-state index contributed by atoms with van der Waals surface area (Å²) in [6, 6.07) is 3.14. The van der Waals surface area contributed by atoms with E-state index in [-0.39, 0.29) is 30.2 Å². The van der Waals surface area contributed by atoms with Gasteiger partial charge in [-0.1, -0.05) is 0 Å². The summed E-state index contributed by atoms with van der Waals surface area (Å²) in [5, 5.41) is 2.74. The van der Waals surface area contributed by atoms with E-state index in [0.717, 1.165) is 11.1 Å². The molecule has 3 rings (SSSR count). The molecule has 1 unspecified atom stereocenters. The summed E-state index contributed by atoms with van der Waals surface area (Å²) in [5.41, 5.74) is 3.26. The molecule has 9 heteroatoms. The van der Waals surface area contributed by atoms with E-state index >= 15 is 0 Å². The zero-order chi connectivity index (χ0) is 21.8. The molecule has 160 valence electrons. The first kappa shape index (κ1) is 21.6. The van der Waals surface area contributed by atoms with E-state index in [1.807, 2.05) is 13.8 Å². The summed E-state index contributed by atoms with van der Waals surface area (Å²) in [7, 11) is 0. The van der Waals surface area contributed by atoms with Crippen molar-refractivity contribution < 1.29 is 23.1 Å². The van der Waals surface area contributed by atoms with Gasteiger partial charge in [0.25, 0.3) is 12.3 Å². The Morgan fingerprint density at radius 1 is 1.37 bits per heavy atom. The average Bonchev–Trinajstić information content (AvgIpc) is 3.04. The smallest absolute Gasteiger partial charge is 0.272 e.